The largest absolute Gasteiger partial charge is 0.465 e. The standard InChI is InChI=1S/C18H24N2O4/c1-14(21)19-9-5-11-24-18(23)16-12-17(22)20(13-16)10-8-15-6-3-2-4-7-15/h2-4,6-7,16H,5,8-13H2,1H3,(H,19,21). The van der Waals surface area contributed by atoms with Crippen molar-refractivity contribution in [1.29, 1.82) is 0 Å². The van der Waals surface area contributed by atoms with E-state index in [0.717, 1.165) is 6.42 Å². The van der Waals surface area contributed by atoms with E-state index < -0.39 is 0 Å². The lowest BCUT2D eigenvalue weighted by molar-refractivity contribution is -0.148. The highest BCUT2D eigenvalue weighted by atomic mass is 16.5. The van der Waals surface area contributed by atoms with Gasteiger partial charge in [-0.1, -0.05) is 30.3 Å². The van der Waals surface area contributed by atoms with Gasteiger partial charge in [0.2, 0.25) is 11.8 Å². The van der Waals surface area contributed by atoms with E-state index in [0.29, 0.717) is 26.1 Å². The van der Waals surface area contributed by atoms with Gasteiger partial charge in [-0.25, -0.2) is 0 Å². The van der Waals surface area contributed by atoms with E-state index in [9.17, 15) is 14.4 Å². The van der Waals surface area contributed by atoms with Crippen LogP contribution in [0.5, 0.6) is 0 Å². The molecule has 1 aromatic carbocycles. The van der Waals surface area contributed by atoms with Gasteiger partial charge in [-0.05, 0) is 18.4 Å². The van der Waals surface area contributed by atoms with Crippen LogP contribution in [-0.2, 0) is 25.5 Å². The molecule has 2 rings (SSSR count). The van der Waals surface area contributed by atoms with Gasteiger partial charge in [-0.15, -0.1) is 0 Å². The van der Waals surface area contributed by atoms with E-state index in [1.54, 1.807) is 4.90 Å². The monoisotopic (exact) mass is 332 g/mol. The van der Waals surface area contributed by atoms with Crippen LogP contribution in [0, 0.1) is 5.92 Å². The molecular formula is C18H24N2O4. The third-order valence-corrected chi connectivity index (χ3v) is 4.00. The number of amides is 2. The maximum Gasteiger partial charge on any atom is 0.311 e. The lowest BCUT2D eigenvalue weighted by Gasteiger charge is -2.16. The summed E-state index contributed by atoms with van der Waals surface area (Å²) >= 11 is 0. The van der Waals surface area contributed by atoms with E-state index in [-0.39, 0.29) is 36.7 Å². The molecule has 0 spiro atoms. The second-order valence-corrected chi connectivity index (χ2v) is 5.98. The fourth-order valence-corrected chi connectivity index (χ4v) is 2.68. The average molecular weight is 332 g/mol. The Labute approximate surface area is 142 Å². The molecule has 0 radical (unpaired) electrons. The highest BCUT2D eigenvalue weighted by molar-refractivity contribution is 5.86. The lowest BCUT2D eigenvalue weighted by Crippen LogP contribution is -2.29. The van der Waals surface area contributed by atoms with Gasteiger partial charge in [0.1, 0.15) is 0 Å². The molecule has 6 nitrogen and oxygen atoms in total. The molecule has 0 aliphatic carbocycles. The van der Waals surface area contributed by atoms with E-state index in [4.69, 9.17) is 4.74 Å². The van der Waals surface area contributed by atoms with Gasteiger partial charge in [-0.3, -0.25) is 14.4 Å². The van der Waals surface area contributed by atoms with Crippen LogP contribution in [0.15, 0.2) is 30.3 Å². The number of benzene rings is 1. The Bertz CT molecular complexity index is 574. The molecule has 0 bridgehead atoms. The summed E-state index contributed by atoms with van der Waals surface area (Å²) in [7, 11) is 0. The quantitative estimate of drug-likeness (QED) is 0.572. The zero-order valence-corrected chi connectivity index (χ0v) is 14.0. The molecule has 1 saturated heterocycles. The molecule has 1 fully saturated rings. The van der Waals surface area contributed by atoms with Crippen molar-refractivity contribution >= 4 is 17.8 Å². The zero-order chi connectivity index (χ0) is 17.4. The highest BCUT2D eigenvalue weighted by Gasteiger charge is 2.34. The molecule has 1 unspecified atom stereocenters. The Morgan fingerprint density at radius 3 is 2.75 bits per heavy atom. The fourth-order valence-electron chi connectivity index (χ4n) is 2.68. The summed E-state index contributed by atoms with van der Waals surface area (Å²) in [5, 5.41) is 2.64. The number of hydrogen-bond acceptors (Lipinski definition) is 4. The van der Waals surface area contributed by atoms with E-state index >= 15 is 0 Å². The number of nitrogens with one attached hydrogen (secondary N) is 1. The summed E-state index contributed by atoms with van der Waals surface area (Å²) < 4.78 is 5.20. The Morgan fingerprint density at radius 1 is 1.29 bits per heavy atom. The first-order chi connectivity index (χ1) is 11.6. The number of carbonyl (C=O) groups is 3. The number of likely N-dealkylation sites (tertiary alicyclic amines) is 1. The smallest absolute Gasteiger partial charge is 0.311 e. The number of ether oxygens (including phenoxy) is 1. The number of rotatable bonds is 8. The van der Waals surface area contributed by atoms with Gasteiger partial charge in [0.15, 0.2) is 0 Å². The van der Waals surface area contributed by atoms with Crippen LogP contribution in [0.2, 0.25) is 0 Å². The molecular weight excluding hydrogens is 308 g/mol. The maximum atomic E-state index is 12.0. The second-order valence-electron chi connectivity index (χ2n) is 5.98. The van der Waals surface area contributed by atoms with Crippen molar-refractivity contribution in [2.24, 2.45) is 5.92 Å². The molecule has 0 saturated carbocycles. The highest BCUT2D eigenvalue weighted by Crippen LogP contribution is 2.19. The first kappa shape index (κ1) is 18.0. The number of nitrogens with zero attached hydrogens (tertiary/aromatic N) is 1. The molecule has 6 heteroatoms. The second kappa shape index (κ2) is 9.05. The summed E-state index contributed by atoms with van der Waals surface area (Å²) in [6.45, 7) is 3.23. The Morgan fingerprint density at radius 2 is 2.04 bits per heavy atom. The summed E-state index contributed by atoms with van der Waals surface area (Å²) in [5.74, 6) is -0.801. The van der Waals surface area contributed by atoms with Gasteiger partial charge in [0.25, 0.3) is 0 Å². The first-order valence-corrected chi connectivity index (χ1v) is 8.29. The van der Waals surface area contributed by atoms with Crippen molar-refractivity contribution in [2.75, 3.05) is 26.2 Å². The van der Waals surface area contributed by atoms with E-state index in [1.807, 2.05) is 30.3 Å². The number of carbonyl (C=O) groups excluding carboxylic acids is 3. The molecule has 0 aromatic heterocycles. The zero-order valence-electron chi connectivity index (χ0n) is 14.0. The SMILES string of the molecule is CC(=O)NCCCOC(=O)C1CC(=O)N(CCc2ccccc2)C1. The summed E-state index contributed by atoms with van der Waals surface area (Å²) in [6, 6.07) is 9.97. The Balaban J connectivity index is 1.69. The van der Waals surface area contributed by atoms with Gasteiger partial charge in [-0.2, -0.15) is 0 Å². The van der Waals surface area contributed by atoms with Gasteiger partial charge in [0.05, 0.1) is 12.5 Å². The minimum atomic E-state index is -0.381. The van der Waals surface area contributed by atoms with Gasteiger partial charge < -0.3 is 15.0 Å². The molecule has 1 atom stereocenters. The number of esters is 1. The van der Waals surface area contributed by atoms with Crippen LogP contribution < -0.4 is 5.32 Å². The minimum absolute atomic E-state index is 0.00567. The minimum Gasteiger partial charge on any atom is -0.465 e. The van der Waals surface area contributed by atoms with Crippen LogP contribution in [0.3, 0.4) is 0 Å². The summed E-state index contributed by atoms with van der Waals surface area (Å²) in [4.78, 5) is 36.5. The summed E-state index contributed by atoms with van der Waals surface area (Å²) in [6.07, 6.45) is 1.58. The van der Waals surface area contributed by atoms with Crippen LogP contribution in [0.25, 0.3) is 0 Å². The predicted octanol–water partition coefficient (Wildman–Crippen LogP) is 1.15. The Kier molecular flexibility index (Phi) is 6.78. The van der Waals surface area contributed by atoms with Crippen molar-refractivity contribution in [2.45, 2.75) is 26.2 Å². The molecule has 24 heavy (non-hydrogen) atoms. The van der Waals surface area contributed by atoms with Crippen molar-refractivity contribution in [3.05, 3.63) is 35.9 Å². The number of hydrogen-bond donors (Lipinski definition) is 1. The molecule has 1 heterocycles. The topological polar surface area (TPSA) is 75.7 Å². The summed E-state index contributed by atoms with van der Waals surface area (Å²) in [5.41, 5.74) is 1.18. The molecule has 1 N–H and O–H groups in total. The lowest BCUT2D eigenvalue weighted by atomic mass is 10.1. The molecule has 1 aromatic rings. The third kappa shape index (κ3) is 5.68. The van der Waals surface area contributed by atoms with Crippen molar-refractivity contribution in [1.82, 2.24) is 10.2 Å². The molecule has 2 amide bonds. The predicted molar refractivity (Wildman–Crippen MR) is 89.1 cm³/mol. The van der Waals surface area contributed by atoms with Crippen molar-refractivity contribution in [3.63, 3.8) is 0 Å². The van der Waals surface area contributed by atoms with Crippen molar-refractivity contribution in [3.8, 4) is 0 Å². The third-order valence-electron chi connectivity index (χ3n) is 4.00. The van der Waals surface area contributed by atoms with Gasteiger partial charge in [0, 0.05) is 33.0 Å². The van der Waals surface area contributed by atoms with E-state index in [1.165, 1.54) is 12.5 Å². The maximum absolute atomic E-state index is 12.0. The molecule has 1 aliphatic rings. The van der Waals surface area contributed by atoms with Crippen LogP contribution in [0.4, 0.5) is 0 Å². The fraction of sp³-hybridized carbons (Fsp3) is 0.500. The Hall–Kier alpha value is -2.37. The van der Waals surface area contributed by atoms with Crippen LogP contribution in [-0.4, -0.2) is 48.9 Å². The average Bonchev–Trinajstić information content (AvgIpc) is 2.94. The van der Waals surface area contributed by atoms with E-state index in [2.05, 4.69) is 5.32 Å². The molecule has 1 aliphatic heterocycles. The molecule has 130 valence electrons. The van der Waals surface area contributed by atoms with Crippen LogP contribution in [0.1, 0.15) is 25.3 Å². The van der Waals surface area contributed by atoms with Crippen LogP contribution >= 0.6 is 0 Å². The normalized spacial score (nSPS) is 17.0. The van der Waals surface area contributed by atoms with Crippen molar-refractivity contribution < 1.29 is 19.1 Å². The first-order valence-electron chi connectivity index (χ1n) is 8.29. The van der Waals surface area contributed by atoms with Gasteiger partial charge >= 0.3 is 5.97 Å².